The molecule has 1 atom stereocenters. The van der Waals surface area contributed by atoms with Gasteiger partial charge in [-0.25, -0.2) is 0 Å². The van der Waals surface area contributed by atoms with Crippen molar-refractivity contribution in [3.05, 3.63) is 52.5 Å². The van der Waals surface area contributed by atoms with Crippen molar-refractivity contribution in [1.29, 1.82) is 0 Å². The van der Waals surface area contributed by atoms with Crippen molar-refractivity contribution in [2.75, 3.05) is 4.90 Å². The molecular formula is C24H27N3O2S. The molecule has 1 N–H and O–H groups in total. The smallest absolute Gasteiger partial charge is 0.275 e. The highest BCUT2D eigenvalue weighted by Crippen LogP contribution is 2.39. The SMILES string of the molecule is Cc1ccc(N2C(=O)c3cc4ccsc4n3C[C@@]2(C)C(=O)NC2CCCC2)c(C)c1. The third-order valence-electron chi connectivity index (χ3n) is 6.66. The lowest BCUT2D eigenvalue weighted by Crippen LogP contribution is -2.65. The Balaban J connectivity index is 1.65. The fourth-order valence-electron chi connectivity index (χ4n) is 5.04. The van der Waals surface area contributed by atoms with Crippen LogP contribution in [0.2, 0.25) is 0 Å². The zero-order valence-corrected chi connectivity index (χ0v) is 18.5. The number of fused-ring (bicyclic) bond motifs is 3. The van der Waals surface area contributed by atoms with E-state index in [0.29, 0.717) is 12.2 Å². The first-order valence-electron chi connectivity index (χ1n) is 10.7. The molecule has 1 fully saturated rings. The number of amides is 2. The number of anilines is 1. The number of rotatable bonds is 3. The van der Waals surface area contributed by atoms with Gasteiger partial charge in [0.2, 0.25) is 5.91 Å². The second kappa shape index (κ2) is 6.98. The van der Waals surface area contributed by atoms with Crippen molar-refractivity contribution in [2.45, 2.75) is 64.6 Å². The largest absolute Gasteiger partial charge is 0.351 e. The van der Waals surface area contributed by atoms with Crippen LogP contribution in [-0.2, 0) is 11.3 Å². The molecule has 2 amide bonds. The second-order valence-corrected chi connectivity index (χ2v) is 9.85. The zero-order valence-electron chi connectivity index (χ0n) is 17.7. The van der Waals surface area contributed by atoms with Gasteiger partial charge in [0.25, 0.3) is 5.91 Å². The van der Waals surface area contributed by atoms with Crippen molar-refractivity contribution >= 4 is 39.1 Å². The molecule has 0 saturated heterocycles. The normalized spacial score (nSPS) is 22.0. The number of hydrogen-bond acceptors (Lipinski definition) is 3. The molecular weight excluding hydrogens is 394 g/mol. The van der Waals surface area contributed by atoms with E-state index in [4.69, 9.17) is 0 Å². The summed E-state index contributed by atoms with van der Waals surface area (Å²) in [4.78, 5) is 30.3. The monoisotopic (exact) mass is 421 g/mol. The zero-order chi connectivity index (χ0) is 21.0. The number of carbonyl (C=O) groups excluding carboxylic acids is 2. The molecule has 0 spiro atoms. The molecule has 30 heavy (non-hydrogen) atoms. The average molecular weight is 422 g/mol. The lowest BCUT2D eigenvalue weighted by Gasteiger charge is -2.45. The van der Waals surface area contributed by atoms with Crippen molar-refractivity contribution in [3.8, 4) is 0 Å². The van der Waals surface area contributed by atoms with Gasteiger partial charge in [0.15, 0.2) is 0 Å². The van der Waals surface area contributed by atoms with Crippen LogP contribution in [0.3, 0.4) is 0 Å². The quantitative estimate of drug-likeness (QED) is 0.661. The summed E-state index contributed by atoms with van der Waals surface area (Å²) < 4.78 is 2.04. The molecule has 3 aromatic rings. The molecule has 2 aromatic heterocycles. The molecule has 1 aliphatic heterocycles. The minimum atomic E-state index is -0.997. The highest BCUT2D eigenvalue weighted by atomic mass is 32.1. The summed E-state index contributed by atoms with van der Waals surface area (Å²) in [6, 6.07) is 10.3. The summed E-state index contributed by atoms with van der Waals surface area (Å²) in [7, 11) is 0. The van der Waals surface area contributed by atoms with E-state index in [1.54, 1.807) is 16.2 Å². The van der Waals surface area contributed by atoms with E-state index < -0.39 is 5.54 Å². The predicted molar refractivity (Wildman–Crippen MR) is 121 cm³/mol. The Hall–Kier alpha value is -2.60. The summed E-state index contributed by atoms with van der Waals surface area (Å²) in [5, 5.41) is 6.36. The first-order chi connectivity index (χ1) is 14.4. The van der Waals surface area contributed by atoms with E-state index in [2.05, 4.69) is 11.4 Å². The average Bonchev–Trinajstić information content (AvgIpc) is 3.42. The molecule has 5 nitrogen and oxygen atoms in total. The van der Waals surface area contributed by atoms with Crippen LogP contribution in [0.1, 0.15) is 54.2 Å². The Labute approximate surface area is 180 Å². The number of benzene rings is 1. The number of nitrogens with one attached hydrogen (secondary N) is 1. The van der Waals surface area contributed by atoms with Crippen LogP contribution in [0.4, 0.5) is 5.69 Å². The van der Waals surface area contributed by atoms with Crippen molar-refractivity contribution in [1.82, 2.24) is 9.88 Å². The van der Waals surface area contributed by atoms with Crippen LogP contribution in [0.25, 0.3) is 10.2 Å². The van der Waals surface area contributed by atoms with Crippen molar-refractivity contribution in [2.24, 2.45) is 0 Å². The maximum Gasteiger partial charge on any atom is 0.275 e. The van der Waals surface area contributed by atoms with Crippen molar-refractivity contribution in [3.63, 3.8) is 0 Å². The molecule has 6 heteroatoms. The Morgan fingerprint density at radius 3 is 2.67 bits per heavy atom. The highest BCUT2D eigenvalue weighted by molar-refractivity contribution is 7.16. The van der Waals surface area contributed by atoms with E-state index in [-0.39, 0.29) is 17.9 Å². The van der Waals surface area contributed by atoms with Gasteiger partial charge in [-0.1, -0.05) is 30.5 Å². The number of thiophene rings is 1. The van der Waals surface area contributed by atoms with Crippen LogP contribution in [0.5, 0.6) is 0 Å². The lowest BCUT2D eigenvalue weighted by atomic mass is 9.92. The van der Waals surface area contributed by atoms with Gasteiger partial charge < -0.3 is 9.88 Å². The van der Waals surface area contributed by atoms with E-state index >= 15 is 0 Å². The van der Waals surface area contributed by atoms with Gasteiger partial charge >= 0.3 is 0 Å². The van der Waals surface area contributed by atoms with E-state index in [1.165, 1.54) is 0 Å². The molecule has 1 aromatic carbocycles. The Kier molecular flexibility index (Phi) is 4.51. The Morgan fingerprint density at radius 1 is 1.17 bits per heavy atom. The summed E-state index contributed by atoms with van der Waals surface area (Å²) in [6.07, 6.45) is 4.34. The molecule has 0 radical (unpaired) electrons. The van der Waals surface area contributed by atoms with Crippen LogP contribution < -0.4 is 10.2 Å². The summed E-state index contributed by atoms with van der Waals surface area (Å²) >= 11 is 1.62. The lowest BCUT2D eigenvalue weighted by molar-refractivity contribution is -0.127. The molecule has 156 valence electrons. The van der Waals surface area contributed by atoms with Gasteiger partial charge in [-0.15, -0.1) is 11.3 Å². The number of carbonyl (C=O) groups is 2. The number of aromatic nitrogens is 1. The number of nitrogens with zero attached hydrogens (tertiary/aromatic N) is 2. The third kappa shape index (κ3) is 2.88. The van der Waals surface area contributed by atoms with Gasteiger partial charge in [-0.3, -0.25) is 14.5 Å². The van der Waals surface area contributed by atoms with E-state index in [1.807, 2.05) is 55.0 Å². The molecule has 1 aliphatic carbocycles. The molecule has 5 rings (SSSR count). The number of aryl methyl sites for hydroxylation is 2. The van der Waals surface area contributed by atoms with Gasteiger partial charge in [-0.2, -0.15) is 0 Å². The standard InChI is InChI=1S/C24H27N3O2S/c1-15-8-9-19(16(2)12-15)27-21(28)20-13-17-10-11-30-22(17)26(20)14-24(27,3)23(29)25-18-6-4-5-7-18/h8-13,18H,4-7,14H2,1-3H3,(H,25,29)/t24-/m0/s1. The van der Waals surface area contributed by atoms with Gasteiger partial charge in [-0.05, 0) is 62.8 Å². The molecule has 2 aliphatic rings. The topological polar surface area (TPSA) is 54.3 Å². The third-order valence-corrected chi connectivity index (χ3v) is 7.61. The van der Waals surface area contributed by atoms with Crippen LogP contribution in [-0.4, -0.2) is 28.0 Å². The summed E-state index contributed by atoms with van der Waals surface area (Å²) in [6.45, 7) is 6.41. The van der Waals surface area contributed by atoms with Crippen LogP contribution in [0.15, 0.2) is 35.7 Å². The van der Waals surface area contributed by atoms with Gasteiger partial charge in [0.1, 0.15) is 16.1 Å². The first-order valence-corrected chi connectivity index (χ1v) is 11.6. The van der Waals surface area contributed by atoms with E-state index in [9.17, 15) is 9.59 Å². The highest BCUT2D eigenvalue weighted by Gasteiger charge is 2.49. The molecule has 1 saturated carbocycles. The fourth-order valence-corrected chi connectivity index (χ4v) is 5.94. The maximum absolute atomic E-state index is 13.8. The maximum atomic E-state index is 13.8. The van der Waals surface area contributed by atoms with Crippen LogP contribution in [0, 0.1) is 13.8 Å². The van der Waals surface area contributed by atoms with E-state index in [0.717, 1.165) is 52.7 Å². The summed E-state index contributed by atoms with van der Waals surface area (Å²) in [5.41, 5.74) is 2.61. The minimum Gasteiger partial charge on any atom is -0.351 e. The Bertz CT molecular complexity index is 1150. The van der Waals surface area contributed by atoms with Crippen molar-refractivity contribution < 1.29 is 9.59 Å². The fraction of sp³-hybridized carbons (Fsp3) is 0.417. The number of hydrogen-bond donors (Lipinski definition) is 1. The summed E-state index contributed by atoms with van der Waals surface area (Å²) in [5.74, 6) is -0.174. The minimum absolute atomic E-state index is 0.0632. The molecule has 0 bridgehead atoms. The van der Waals surface area contributed by atoms with Crippen LogP contribution >= 0.6 is 11.3 Å². The molecule has 0 unspecified atom stereocenters. The van der Waals surface area contributed by atoms with Gasteiger partial charge in [0.05, 0.1) is 6.54 Å². The Morgan fingerprint density at radius 2 is 1.93 bits per heavy atom. The van der Waals surface area contributed by atoms with Gasteiger partial charge in [0, 0.05) is 17.1 Å². The molecule has 3 heterocycles. The second-order valence-electron chi connectivity index (χ2n) is 8.96. The predicted octanol–water partition coefficient (Wildman–Crippen LogP) is 4.80. The first kappa shape index (κ1) is 19.4.